The smallest absolute Gasteiger partial charge is 0.387 e. The summed E-state index contributed by atoms with van der Waals surface area (Å²) in [7, 11) is 0. The standard InChI is InChI=1S/C22H28F2N2O2/c1-17-6-8-18(9-7-17)14-26-12-11-25(16-20(26)10-13-27)15-19-4-2-3-5-21(19)28-22(23)24/h2-9,20,22,27H,10-16H2,1H3/t20-/m0/s1. The molecule has 6 heteroatoms. The topological polar surface area (TPSA) is 35.9 Å². The maximum atomic E-state index is 12.7. The van der Waals surface area contributed by atoms with Crippen LogP contribution in [0.4, 0.5) is 8.78 Å². The zero-order valence-electron chi connectivity index (χ0n) is 16.2. The van der Waals surface area contributed by atoms with E-state index in [1.807, 2.05) is 12.1 Å². The second-order valence-electron chi connectivity index (χ2n) is 7.34. The Morgan fingerprint density at radius 1 is 1.07 bits per heavy atom. The molecule has 1 N–H and O–H groups in total. The number of hydrogen-bond acceptors (Lipinski definition) is 4. The fourth-order valence-electron chi connectivity index (χ4n) is 3.75. The summed E-state index contributed by atoms with van der Waals surface area (Å²) in [6, 6.07) is 15.7. The van der Waals surface area contributed by atoms with Crippen LogP contribution in [-0.2, 0) is 13.1 Å². The lowest BCUT2D eigenvalue weighted by Gasteiger charge is -2.41. The summed E-state index contributed by atoms with van der Waals surface area (Å²) in [5.74, 6) is 0.235. The monoisotopic (exact) mass is 390 g/mol. The van der Waals surface area contributed by atoms with Crippen molar-refractivity contribution in [3.63, 3.8) is 0 Å². The maximum absolute atomic E-state index is 12.7. The van der Waals surface area contributed by atoms with E-state index in [2.05, 4.69) is 45.7 Å². The molecule has 28 heavy (non-hydrogen) atoms. The van der Waals surface area contributed by atoms with Gasteiger partial charge in [0.15, 0.2) is 0 Å². The molecule has 2 aromatic rings. The Bertz CT molecular complexity index is 740. The molecule has 0 saturated carbocycles. The largest absolute Gasteiger partial charge is 0.434 e. The third kappa shape index (κ3) is 5.74. The lowest BCUT2D eigenvalue weighted by molar-refractivity contribution is -0.0510. The van der Waals surface area contributed by atoms with Crippen LogP contribution in [0.2, 0.25) is 0 Å². The Hall–Kier alpha value is -2.02. The van der Waals surface area contributed by atoms with E-state index < -0.39 is 6.61 Å². The molecule has 0 radical (unpaired) electrons. The molecule has 1 fully saturated rings. The van der Waals surface area contributed by atoms with Gasteiger partial charge in [-0.1, -0.05) is 48.0 Å². The van der Waals surface area contributed by atoms with Crippen molar-refractivity contribution >= 4 is 0 Å². The average Bonchev–Trinajstić information content (AvgIpc) is 2.67. The molecule has 0 amide bonds. The molecule has 1 atom stereocenters. The van der Waals surface area contributed by atoms with Crippen LogP contribution in [0, 0.1) is 6.92 Å². The van der Waals surface area contributed by atoms with E-state index in [0.29, 0.717) is 13.0 Å². The highest BCUT2D eigenvalue weighted by atomic mass is 19.3. The Labute approximate surface area is 165 Å². The molecule has 2 aromatic carbocycles. The molecular formula is C22H28F2N2O2. The van der Waals surface area contributed by atoms with Gasteiger partial charge in [-0.05, 0) is 25.0 Å². The first-order chi connectivity index (χ1) is 13.5. The van der Waals surface area contributed by atoms with Crippen LogP contribution >= 0.6 is 0 Å². The second-order valence-corrected chi connectivity index (χ2v) is 7.34. The van der Waals surface area contributed by atoms with Crippen LogP contribution in [0.25, 0.3) is 0 Å². The Morgan fingerprint density at radius 3 is 2.54 bits per heavy atom. The number of hydrogen-bond donors (Lipinski definition) is 1. The first-order valence-corrected chi connectivity index (χ1v) is 9.70. The van der Waals surface area contributed by atoms with E-state index in [1.165, 1.54) is 11.1 Å². The number of nitrogens with zero attached hydrogens (tertiary/aromatic N) is 2. The van der Waals surface area contributed by atoms with Crippen molar-refractivity contribution in [1.82, 2.24) is 9.80 Å². The zero-order valence-corrected chi connectivity index (χ0v) is 16.2. The molecule has 152 valence electrons. The summed E-state index contributed by atoms with van der Waals surface area (Å²) in [6.45, 7) is 3.30. The summed E-state index contributed by atoms with van der Waals surface area (Å²) in [5.41, 5.74) is 3.26. The lowest BCUT2D eigenvalue weighted by Crippen LogP contribution is -2.52. The minimum Gasteiger partial charge on any atom is -0.434 e. The summed E-state index contributed by atoms with van der Waals surface area (Å²) in [6.07, 6.45) is 0.692. The predicted octanol–water partition coefficient (Wildman–Crippen LogP) is 3.67. The van der Waals surface area contributed by atoms with Crippen LogP contribution in [0.3, 0.4) is 0 Å². The van der Waals surface area contributed by atoms with Crippen molar-refractivity contribution in [2.75, 3.05) is 26.2 Å². The number of aliphatic hydroxyl groups excluding tert-OH is 1. The van der Waals surface area contributed by atoms with Gasteiger partial charge in [-0.3, -0.25) is 9.80 Å². The molecule has 0 unspecified atom stereocenters. The molecule has 0 bridgehead atoms. The van der Waals surface area contributed by atoms with Gasteiger partial charge >= 0.3 is 6.61 Å². The van der Waals surface area contributed by atoms with Gasteiger partial charge in [0.2, 0.25) is 0 Å². The third-order valence-corrected chi connectivity index (χ3v) is 5.24. The number of ether oxygens (including phenoxy) is 1. The van der Waals surface area contributed by atoms with Crippen LogP contribution < -0.4 is 4.74 Å². The van der Waals surface area contributed by atoms with Gasteiger partial charge in [0.1, 0.15) is 5.75 Å². The predicted molar refractivity (Wildman–Crippen MR) is 105 cm³/mol. The third-order valence-electron chi connectivity index (χ3n) is 5.24. The van der Waals surface area contributed by atoms with Crippen LogP contribution in [-0.4, -0.2) is 53.8 Å². The van der Waals surface area contributed by atoms with Crippen molar-refractivity contribution in [2.24, 2.45) is 0 Å². The van der Waals surface area contributed by atoms with Gasteiger partial charge in [0.05, 0.1) is 0 Å². The summed E-state index contributed by atoms with van der Waals surface area (Å²) < 4.78 is 30.0. The SMILES string of the molecule is Cc1ccc(CN2CCN(Cc3ccccc3OC(F)F)C[C@@H]2CCO)cc1. The van der Waals surface area contributed by atoms with Crippen molar-refractivity contribution in [1.29, 1.82) is 0 Å². The summed E-state index contributed by atoms with van der Waals surface area (Å²) in [5, 5.41) is 9.51. The van der Waals surface area contributed by atoms with Gasteiger partial charge in [0, 0.05) is 50.9 Å². The van der Waals surface area contributed by atoms with Gasteiger partial charge in [-0.2, -0.15) is 8.78 Å². The van der Waals surface area contributed by atoms with E-state index in [0.717, 1.165) is 31.7 Å². The van der Waals surface area contributed by atoms with Crippen LogP contribution in [0.5, 0.6) is 5.75 Å². The molecule has 4 nitrogen and oxygen atoms in total. The van der Waals surface area contributed by atoms with Crippen molar-refractivity contribution in [3.05, 3.63) is 65.2 Å². The normalized spacial score (nSPS) is 18.5. The van der Waals surface area contributed by atoms with Crippen molar-refractivity contribution in [3.8, 4) is 5.75 Å². The van der Waals surface area contributed by atoms with Crippen LogP contribution in [0.15, 0.2) is 48.5 Å². The first-order valence-electron chi connectivity index (χ1n) is 9.70. The minimum atomic E-state index is -2.82. The molecule has 1 aliphatic rings. The molecule has 0 aromatic heterocycles. The second kappa shape index (κ2) is 9.96. The number of alkyl halides is 2. The first kappa shape index (κ1) is 20.7. The highest BCUT2D eigenvalue weighted by molar-refractivity contribution is 5.33. The zero-order chi connectivity index (χ0) is 19.9. The van der Waals surface area contributed by atoms with Gasteiger partial charge < -0.3 is 9.84 Å². The average molecular weight is 390 g/mol. The number of benzene rings is 2. The highest BCUT2D eigenvalue weighted by Gasteiger charge is 2.27. The molecule has 1 saturated heterocycles. The Morgan fingerprint density at radius 2 is 1.82 bits per heavy atom. The van der Waals surface area contributed by atoms with E-state index in [9.17, 15) is 13.9 Å². The number of rotatable bonds is 8. The van der Waals surface area contributed by atoms with E-state index >= 15 is 0 Å². The van der Waals surface area contributed by atoms with Crippen molar-refractivity contribution < 1.29 is 18.6 Å². The van der Waals surface area contributed by atoms with Gasteiger partial charge in [-0.15, -0.1) is 0 Å². The highest BCUT2D eigenvalue weighted by Crippen LogP contribution is 2.24. The Balaban J connectivity index is 1.64. The number of halogens is 2. The quantitative estimate of drug-likeness (QED) is 0.746. The van der Waals surface area contributed by atoms with E-state index in [1.54, 1.807) is 12.1 Å². The fourth-order valence-corrected chi connectivity index (χ4v) is 3.75. The lowest BCUT2D eigenvalue weighted by atomic mass is 10.1. The van der Waals surface area contributed by atoms with E-state index in [-0.39, 0.29) is 18.4 Å². The molecule has 0 spiro atoms. The number of aliphatic hydroxyl groups is 1. The maximum Gasteiger partial charge on any atom is 0.387 e. The molecular weight excluding hydrogens is 362 g/mol. The fraction of sp³-hybridized carbons (Fsp3) is 0.455. The number of aryl methyl sites for hydroxylation is 1. The van der Waals surface area contributed by atoms with Crippen molar-refractivity contribution in [2.45, 2.75) is 39.1 Å². The Kier molecular flexibility index (Phi) is 7.36. The molecule has 3 rings (SSSR count). The summed E-state index contributed by atoms with van der Waals surface area (Å²) >= 11 is 0. The molecule has 1 heterocycles. The minimum absolute atomic E-state index is 0.133. The molecule has 1 aliphatic heterocycles. The van der Waals surface area contributed by atoms with Gasteiger partial charge in [-0.25, -0.2) is 0 Å². The van der Waals surface area contributed by atoms with E-state index in [4.69, 9.17) is 0 Å². The molecule has 0 aliphatic carbocycles. The number of piperazine rings is 1. The number of para-hydroxylation sites is 1. The van der Waals surface area contributed by atoms with Gasteiger partial charge in [0.25, 0.3) is 0 Å². The van der Waals surface area contributed by atoms with Crippen LogP contribution in [0.1, 0.15) is 23.1 Å². The summed E-state index contributed by atoms with van der Waals surface area (Å²) in [4.78, 5) is 4.65.